The normalized spacial score (nSPS) is 16.9. The van der Waals surface area contributed by atoms with Gasteiger partial charge in [0.15, 0.2) is 9.84 Å². The van der Waals surface area contributed by atoms with Gasteiger partial charge < -0.3 is 9.72 Å². The van der Waals surface area contributed by atoms with Gasteiger partial charge >= 0.3 is 0 Å². The fraction of sp³-hybridized carbons (Fsp3) is 0.417. The molecule has 0 aliphatic carbocycles. The maximum atomic E-state index is 12.0. The molecule has 2 aromatic heterocycles. The molecular formula is C12H15N3O2S. The highest BCUT2D eigenvalue weighted by atomic mass is 32.2. The Bertz CT molecular complexity index is 626. The van der Waals surface area contributed by atoms with Crippen LogP contribution in [-0.2, 0) is 15.6 Å². The van der Waals surface area contributed by atoms with Crippen molar-refractivity contribution in [3.63, 3.8) is 0 Å². The van der Waals surface area contributed by atoms with Crippen molar-refractivity contribution in [1.29, 1.82) is 0 Å². The summed E-state index contributed by atoms with van der Waals surface area (Å²) in [7, 11) is -3.06. The topological polar surface area (TPSA) is 63.5 Å². The monoisotopic (exact) mass is 265 g/mol. The third-order valence-corrected chi connectivity index (χ3v) is 4.85. The Kier molecular flexibility index (Phi) is 2.83. The summed E-state index contributed by atoms with van der Waals surface area (Å²) in [5.74, 6) is 0.561. The molecule has 1 N–H and O–H groups in total. The van der Waals surface area contributed by atoms with Crippen molar-refractivity contribution in [3.8, 4) is 0 Å². The summed E-state index contributed by atoms with van der Waals surface area (Å²) in [6.45, 7) is 1.62. The second-order valence-corrected chi connectivity index (χ2v) is 6.89. The van der Waals surface area contributed by atoms with E-state index in [0.717, 1.165) is 18.7 Å². The maximum absolute atomic E-state index is 12.0. The number of sulfone groups is 1. The van der Waals surface area contributed by atoms with E-state index in [0.29, 0.717) is 5.69 Å². The largest absolute Gasteiger partial charge is 0.316 e. The summed E-state index contributed by atoms with van der Waals surface area (Å²) in [6.07, 6.45) is 3.65. The molecule has 1 aliphatic rings. The minimum absolute atomic E-state index is 0.0329. The van der Waals surface area contributed by atoms with E-state index >= 15 is 0 Å². The number of pyridine rings is 1. The maximum Gasteiger partial charge on any atom is 0.156 e. The van der Waals surface area contributed by atoms with Crippen LogP contribution in [0.3, 0.4) is 0 Å². The number of nitrogens with zero attached hydrogens (tertiary/aromatic N) is 2. The summed E-state index contributed by atoms with van der Waals surface area (Å²) in [6, 6.07) is 5.65. The molecule has 0 aromatic carbocycles. The highest BCUT2D eigenvalue weighted by molar-refractivity contribution is 7.90. The van der Waals surface area contributed by atoms with Crippen molar-refractivity contribution in [1.82, 2.24) is 14.7 Å². The van der Waals surface area contributed by atoms with Gasteiger partial charge in [-0.05, 0) is 18.1 Å². The molecule has 0 spiro atoms. The van der Waals surface area contributed by atoms with Crippen LogP contribution in [0.15, 0.2) is 30.6 Å². The predicted molar refractivity (Wildman–Crippen MR) is 69.0 cm³/mol. The van der Waals surface area contributed by atoms with Gasteiger partial charge in [-0.2, -0.15) is 0 Å². The van der Waals surface area contributed by atoms with Crippen LogP contribution in [0, 0.1) is 5.92 Å². The molecule has 0 amide bonds. The van der Waals surface area contributed by atoms with Gasteiger partial charge in [0.05, 0.1) is 17.2 Å². The molecule has 0 saturated carbocycles. The average molecular weight is 265 g/mol. The van der Waals surface area contributed by atoms with E-state index < -0.39 is 9.84 Å². The molecule has 18 heavy (non-hydrogen) atoms. The molecule has 2 aromatic rings. The first-order valence-electron chi connectivity index (χ1n) is 5.96. The quantitative estimate of drug-likeness (QED) is 0.873. The number of aromatic nitrogens is 2. The molecule has 3 heterocycles. The van der Waals surface area contributed by atoms with Gasteiger partial charge in [0.1, 0.15) is 5.65 Å². The Morgan fingerprint density at radius 1 is 1.39 bits per heavy atom. The first-order chi connectivity index (χ1) is 8.62. The molecule has 0 bridgehead atoms. The molecule has 0 atom stereocenters. The Morgan fingerprint density at radius 3 is 2.89 bits per heavy atom. The molecule has 5 nitrogen and oxygen atoms in total. The van der Waals surface area contributed by atoms with Crippen molar-refractivity contribution in [2.45, 2.75) is 5.75 Å². The van der Waals surface area contributed by atoms with Crippen molar-refractivity contribution in [2.75, 3.05) is 18.8 Å². The average Bonchev–Trinajstić information content (AvgIpc) is 2.64. The van der Waals surface area contributed by atoms with Crippen LogP contribution in [0.5, 0.6) is 0 Å². The van der Waals surface area contributed by atoms with E-state index in [1.54, 1.807) is 6.20 Å². The van der Waals surface area contributed by atoms with Crippen LogP contribution in [0.4, 0.5) is 0 Å². The summed E-state index contributed by atoms with van der Waals surface area (Å²) >= 11 is 0. The lowest BCUT2D eigenvalue weighted by molar-refractivity contribution is 0.378. The van der Waals surface area contributed by atoms with Gasteiger partial charge in [-0.25, -0.2) is 13.4 Å². The van der Waals surface area contributed by atoms with E-state index in [2.05, 4.69) is 10.3 Å². The van der Waals surface area contributed by atoms with E-state index in [1.165, 1.54) is 0 Å². The second kappa shape index (κ2) is 4.37. The second-order valence-electron chi connectivity index (χ2n) is 4.78. The highest BCUT2D eigenvalue weighted by Gasteiger charge is 2.25. The zero-order chi connectivity index (χ0) is 12.6. The molecular weight excluding hydrogens is 250 g/mol. The first-order valence-corrected chi connectivity index (χ1v) is 7.78. The molecule has 1 aliphatic heterocycles. The summed E-state index contributed by atoms with van der Waals surface area (Å²) in [5, 5.41) is 3.08. The van der Waals surface area contributed by atoms with E-state index in [-0.39, 0.29) is 17.4 Å². The zero-order valence-electron chi connectivity index (χ0n) is 9.91. The van der Waals surface area contributed by atoms with Gasteiger partial charge in [-0.1, -0.05) is 6.07 Å². The van der Waals surface area contributed by atoms with Crippen LogP contribution >= 0.6 is 0 Å². The number of fused-ring (bicyclic) bond motifs is 1. The van der Waals surface area contributed by atoms with Crippen molar-refractivity contribution >= 4 is 15.5 Å². The predicted octanol–water partition coefficient (Wildman–Crippen LogP) is 0.469. The van der Waals surface area contributed by atoms with Crippen molar-refractivity contribution < 1.29 is 8.42 Å². The lowest BCUT2D eigenvalue weighted by Gasteiger charge is -2.26. The van der Waals surface area contributed by atoms with Crippen LogP contribution in [0.2, 0.25) is 0 Å². The smallest absolute Gasteiger partial charge is 0.156 e. The van der Waals surface area contributed by atoms with E-state index in [4.69, 9.17) is 0 Å². The van der Waals surface area contributed by atoms with Crippen LogP contribution < -0.4 is 5.32 Å². The first kappa shape index (κ1) is 11.7. The lowest BCUT2D eigenvalue weighted by atomic mass is 10.1. The zero-order valence-corrected chi connectivity index (χ0v) is 10.7. The standard InChI is InChI=1S/C12H15N3O2S/c16-18(17,8-10-5-13-6-10)9-11-7-15-4-2-1-3-12(15)14-11/h1-4,7,10,13H,5-6,8-9H2. The van der Waals surface area contributed by atoms with Crippen molar-refractivity contribution in [2.24, 2.45) is 5.92 Å². The SMILES string of the molecule is O=S(=O)(Cc1cn2ccccc2n1)CC1CNC1. The number of nitrogens with one attached hydrogen (secondary N) is 1. The third kappa shape index (κ3) is 2.39. The molecule has 0 radical (unpaired) electrons. The van der Waals surface area contributed by atoms with Crippen LogP contribution in [-0.4, -0.2) is 36.6 Å². The van der Waals surface area contributed by atoms with E-state index in [9.17, 15) is 8.42 Å². The van der Waals surface area contributed by atoms with E-state index in [1.807, 2.05) is 28.8 Å². The van der Waals surface area contributed by atoms with Gasteiger partial charge in [-0.15, -0.1) is 0 Å². The van der Waals surface area contributed by atoms with Gasteiger partial charge in [0, 0.05) is 25.5 Å². The Labute approximate surface area is 106 Å². The number of imidazole rings is 1. The molecule has 6 heteroatoms. The number of hydrogen-bond acceptors (Lipinski definition) is 4. The fourth-order valence-corrected chi connectivity index (χ4v) is 3.83. The fourth-order valence-electron chi connectivity index (χ4n) is 2.17. The lowest BCUT2D eigenvalue weighted by Crippen LogP contribution is -2.45. The van der Waals surface area contributed by atoms with Gasteiger partial charge in [-0.3, -0.25) is 0 Å². The van der Waals surface area contributed by atoms with Crippen LogP contribution in [0.1, 0.15) is 5.69 Å². The minimum atomic E-state index is -3.06. The van der Waals surface area contributed by atoms with Crippen molar-refractivity contribution in [3.05, 3.63) is 36.3 Å². The highest BCUT2D eigenvalue weighted by Crippen LogP contribution is 2.13. The van der Waals surface area contributed by atoms with Gasteiger partial charge in [0.2, 0.25) is 0 Å². The molecule has 3 rings (SSSR count). The number of hydrogen-bond donors (Lipinski definition) is 1. The summed E-state index contributed by atoms with van der Waals surface area (Å²) in [4.78, 5) is 4.32. The summed E-state index contributed by atoms with van der Waals surface area (Å²) in [5.41, 5.74) is 1.40. The Hall–Kier alpha value is -1.40. The molecule has 0 unspecified atom stereocenters. The Balaban J connectivity index is 1.78. The number of rotatable bonds is 4. The molecule has 1 saturated heterocycles. The third-order valence-electron chi connectivity index (χ3n) is 3.14. The minimum Gasteiger partial charge on any atom is -0.316 e. The Morgan fingerprint density at radius 2 is 2.22 bits per heavy atom. The van der Waals surface area contributed by atoms with Crippen LogP contribution in [0.25, 0.3) is 5.65 Å². The molecule has 96 valence electrons. The summed E-state index contributed by atoms with van der Waals surface area (Å²) < 4.78 is 25.8. The molecule has 1 fully saturated rings. The van der Waals surface area contributed by atoms with Gasteiger partial charge in [0.25, 0.3) is 0 Å².